The molecule has 0 N–H and O–H groups in total. The molecule has 106 valence electrons. The first kappa shape index (κ1) is 15.5. The topological polar surface area (TPSA) is 35.0 Å². The molecule has 6 heteroatoms. The Balaban J connectivity index is 2.42. The zero-order valence-electron chi connectivity index (χ0n) is 11.2. The smallest absolute Gasteiger partial charge is 0.227 e. The van der Waals surface area contributed by atoms with Crippen molar-refractivity contribution in [2.45, 2.75) is 26.7 Å². The van der Waals surface area contributed by atoms with Crippen molar-refractivity contribution in [3.63, 3.8) is 0 Å². The van der Waals surface area contributed by atoms with Gasteiger partial charge in [-0.15, -0.1) is 0 Å². The summed E-state index contributed by atoms with van der Waals surface area (Å²) < 4.78 is 6.58. The lowest BCUT2D eigenvalue weighted by Gasteiger charge is -2.13. The Bertz CT molecular complexity index is 647. The summed E-state index contributed by atoms with van der Waals surface area (Å²) in [6.45, 7) is 5.83. The lowest BCUT2D eigenvalue weighted by molar-refractivity contribution is 0.450. The first-order valence-corrected chi connectivity index (χ1v) is 7.60. The van der Waals surface area contributed by atoms with Crippen molar-refractivity contribution in [3.8, 4) is 11.6 Å². The van der Waals surface area contributed by atoms with Gasteiger partial charge in [-0.1, -0.05) is 37.0 Å². The molecule has 0 atom stereocenters. The average Bonchev–Trinajstić information content (AvgIpc) is 2.37. The number of hydrogen-bond acceptors (Lipinski definition) is 3. The summed E-state index contributed by atoms with van der Waals surface area (Å²) >= 11 is 15.5. The number of rotatable bonds is 3. The van der Waals surface area contributed by atoms with E-state index >= 15 is 0 Å². The monoisotopic (exact) mass is 374 g/mol. The van der Waals surface area contributed by atoms with E-state index in [1.54, 1.807) is 18.2 Å². The van der Waals surface area contributed by atoms with Crippen molar-refractivity contribution in [2.75, 3.05) is 0 Å². The number of hydrogen-bond donors (Lipinski definition) is 0. The highest BCUT2D eigenvalue weighted by atomic mass is 79.9. The molecule has 2 aromatic rings. The largest absolute Gasteiger partial charge is 0.437 e. The molecule has 20 heavy (non-hydrogen) atoms. The van der Waals surface area contributed by atoms with Gasteiger partial charge in [0, 0.05) is 16.5 Å². The highest BCUT2D eigenvalue weighted by Gasteiger charge is 2.14. The summed E-state index contributed by atoms with van der Waals surface area (Å²) in [7, 11) is 0. The highest BCUT2D eigenvalue weighted by Crippen LogP contribution is 2.34. The molecule has 2 rings (SSSR count). The molecule has 0 radical (unpaired) electrons. The molecule has 0 bridgehead atoms. The normalized spacial score (nSPS) is 10.9. The molecule has 0 fully saturated rings. The summed E-state index contributed by atoms with van der Waals surface area (Å²) in [5.74, 6) is 1.91. The molecule has 1 heterocycles. The predicted molar refractivity (Wildman–Crippen MR) is 85.1 cm³/mol. The Morgan fingerprint density at radius 1 is 1.20 bits per heavy atom. The van der Waals surface area contributed by atoms with Crippen LogP contribution in [0.1, 0.15) is 31.2 Å². The third-order valence-corrected chi connectivity index (χ3v) is 3.90. The van der Waals surface area contributed by atoms with Crippen LogP contribution in [0.3, 0.4) is 0 Å². The Kier molecular flexibility index (Phi) is 4.89. The van der Waals surface area contributed by atoms with E-state index in [9.17, 15) is 0 Å². The van der Waals surface area contributed by atoms with Gasteiger partial charge in [0.05, 0.1) is 4.47 Å². The van der Waals surface area contributed by atoms with Crippen molar-refractivity contribution < 1.29 is 4.74 Å². The van der Waals surface area contributed by atoms with Crippen LogP contribution in [0.2, 0.25) is 10.2 Å². The van der Waals surface area contributed by atoms with Gasteiger partial charge in [0.2, 0.25) is 5.88 Å². The molecule has 0 spiro atoms. The quantitative estimate of drug-likeness (QED) is 0.638. The van der Waals surface area contributed by atoms with Crippen molar-refractivity contribution in [2.24, 2.45) is 0 Å². The van der Waals surface area contributed by atoms with Crippen molar-refractivity contribution >= 4 is 39.1 Å². The van der Waals surface area contributed by atoms with E-state index in [4.69, 9.17) is 27.9 Å². The molecule has 1 aromatic carbocycles. The Morgan fingerprint density at radius 3 is 2.50 bits per heavy atom. The van der Waals surface area contributed by atoms with Gasteiger partial charge in [-0.3, -0.25) is 0 Å². The SMILES string of the molecule is Cc1c(Cl)nc(C(C)C)nc1Oc1ccc(Cl)cc1Br. The van der Waals surface area contributed by atoms with Crippen LogP contribution in [-0.2, 0) is 0 Å². The first-order valence-electron chi connectivity index (χ1n) is 6.05. The maximum Gasteiger partial charge on any atom is 0.227 e. The lowest BCUT2D eigenvalue weighted by atomic mass is 10.2. The molecule has 0 saturated carbocycles. The molecule has 1 aromatic heterocycles. The second kappa shape index (κ2) is 6.29. The minimum absolute atomic E-state index is 0.170. The maximum atomic E-state index is 6.13. The first-order chi connectivity index (χ1) is 9.38. The maximum absolute atomic E-state index is 6.13. The van der Waals surface area contributed by atoms with E-state index in [-0.39, 0.29) is 5.92 Å². The molecule has 3 nitrogen and oxygen atoms in total. The third-order valence-electron chi connectivity index (χ3n) is 2.68. The number of nitrogens with zero attached hydrogens (tertiary/aromatic N) is 2. The van der Waals surface area contributed by atoms with Gasteiger partial charge in [-0.25, -0.2) is 4.98 Å². The van der Waals surface area contributed by atoms with Crippen LogP contribution in [0.25, 0.3) is 0 Å². The van der Waals surface area contributed by atoms with Crippen LogP contribution in [-0.4, -0.2) is 9.97 Å². The zero-order valence-corrected chi connectivity index (χ0v) is 14.3. The minimum atomic E-state index is 0.170. The Labute approximate surface area is 136 Å². The fraction of sp³-hybridized carbons (Fsp3) is 0.286. The summed E-state index contributed by atoms with van der Waals surface area (Å²) in [6, 6.07) is 5.29. The van der Waals surface area contributed by atoms with E-state index in [1.807, 2.05) is 20.8 Å². The van der Waals surface area contributed by atoms with Gasteiger partial charge in [0.25, 0.3) is 0 Å². The second-order valence-electron chi connectivity index (χ2n) is 4.63. The molecular weight excluding hydrogens is 363 g/mol. The van der Waals surface area contributed by atoms with Crippen molar-refractivity contribution in [3.05, 3.63) is 44.2 Å². The molecule has 0 saturated heterocycles. The summed E-state index contributed by atoms with van der Waals surface area (Å²) in [5, 5.41) is 1.04. The molecule has 0 amide bonds. The number of aromatic nitrogens is 2. The van der Waals surface area contributed by atoms with Gasteiger partial charge in [-0.05, 0) is 41.1 Å². The van der Waals surface area contributed by atoms with Gasteiger partial charge in [0.1, 0.15) is 16.7 Å². The van der Waals surface area contributed by atoms with Crippen LogP contribution in [0.4, 0.5) is 0 Å². The van der Waals surface area contributed by atoms with Gasteiger partial charge in [0.15, 0.2) is 0 Å². The molecule has 0 aliphatic carbocycles. The lowest BCUT2D eigenvalue weighted by Crippen LogP contribution is -2.02. The van der Waals surface area contributed by atoms with E-state index < -0.39 is 0 Å². The van der Waals surface area contributed by atoms with Gasteiger partial charge in [-0.2, -0.15) is 4.98 Å². The zero-order chi connectivity index (χ0) is 14.9. The molecular formula is C14H13BrCl2N2O. The number of benzene rings is 1. The number of ether oxygens (including phenoxy) is 1. The summed E-state index contributed by atoms with van der Waals surface area (Å²) in [6.07, 6.45) is 0. The van der Waals surface area contributed by atoms with Crippen molar-refractivity contribution in [1.29, 1.82) is 0 Å². The minimum Gasteiger partial charge on any atom is -0.437 e. The van der Waals surface area contributed by atoms with Crippen LogP contribution in [0, 0.1) is 6.92 Å². The van der Waals surface area contributed by atoms with Crippen molar-refractivity contribution in [1.82, 2.24) is 9.97 Å². The van der Waals surface area contributed by atoms with Gasteiger partial charge >= 0.3 is 0 Å². The Hall–Kier alpha value is -0.840. The van der Waals surface area contributed by atoms with Gasteiger partial charge < -0.3 is 4.74 Å². The van der Waals surface area contributed by atoms with E-state index in [1.165, 1.54) is 0 Å². The van der Waals surface area contributed by atoms with E-state index in [0.717, 1.165) is 4.47 Å². The van der Waals surface area contributed by atoms with Crippen LogP contribution in [0.15, 0.2) is 22.7 Å². The third kappa shape index (κ3) is 3.43. The fourth-order valence-electron chi connectivity index (χ4n) is 1.51. The molecule has 0 unspecified atom stereocenters. The fourth-order valence-corrected chi connectivity index (χ4v) is 2.44. The summed E-state index contributed by atoms with van der Waals surface area (Å²) in [5.41, 5.74) is 0.706. The molecule has 0 aliphatic rings. The Morgan fingerprint density at radius 2 is 1.90 bits per heavy atom. The van der Waals surface area contributed by atoms with Crippen LogP contribution < -0.4 is 4.74 Å². The van der Waals surface area contributed by atoms with E-state index in [0.29, 0.717) is 33.2 Å². The molecule has 0 aliphatic heterocycles. The van der Waals surface area contributed by atoms with Crippen LogP contribution >= 0.6 is 39.1 Å². The predicted octanol–water partition coefficient (Wildman–Crippen LogP) is 5.77. The average molecular weight is 376 g/mol. The number of halogens is 3. The second-order valence-corrected chi connectivity index (χ2v) is 6.28. The van der Waals surface area contributed by atoms with E-state index in [2.05, 4.69) is 25.9 Å². The van der Waals surface area contributed by atoms with Crippen LogP contribution in [0.5, 0.6) is 11.6 Å². The highest BCUT2D eigenvalue weighted by molar-refractivity contribution is 9.10. The summed E-state index contributed by atoms with van der Waals surface area (Å²) in [4.78, 5) is 8.67. The standard InChI is InChI=1S/C14H13BrCl2N2O/c1-7(2)13-18-12(17)8(3)14(19-13)20-11-5-4-9(16)6-10(11)15/h4-7H,1-3H3.